The Kier molecular flexibility index (Phi) is 8.51. The molecule has 2 aromatic carbocycles. The van der Waals surface area contributed by atoms with E-state index >= 15 is 0 Å². The molecule has 1 aliphatic carbocycles. The van der Waals surface area contributed by atoms with Gasteiger partial charge in [0.2, 0.25) is 0 Å². The summed E-state index contributed by atoms with van der Waals surface area (Å²) in [7, 11) is 0. The molecule has 0 spiro atoms. The Bertz CT molecular complexity index is 1550. The standard InChI is InChI=1S/C27H19ClF7N3O4/c28-19-12-17(6-7-20(19)29)38-22(26(30,31)32)18(14-36-38)23(39)37-21(24(40)41)13-25(42-27(33,34)35)10-8-16(9-11-25)15-4-2-1-3-5-15/h1-10,12,14,21H,11,13H2,(H,37,39)(H,40,41). The van der Waals surface area contributed by atoms with E-state index < -0.39 is 71.0 Å². The quantitative estimate of drug-likeness (QED) is 0.279. The van der Waals surface area contributed by atoms with Gasteiger partial charge in [-0.15, -0.1) is 13.2 Å². The Morgan fingerprint density at radius 3 is 2.36 bits per heavy atom. The molecule has 0 bridgehead atoms. The Hall–Kier alpha value is -4.17. The lowest BCUT2D eigenvalue weighted by molar-refractivity contribution is -0.359. The Morgan fingerprint density at radius 2 is 1.81 bits per heavy atom. The minimum Gasteiger partial charge on any atom is -0.480 e. The summed E-state index contributed by atoms with van der Waals surface area (Å²) in [5.74, 6) is -4.34. The predicted octanol–water partition coefficient (Wildman–Crippen LogP) is 6.58. The van der Waals surface area contributed by atoms with Crippen LogP contribution in [0.2, 0.25) is 5.02 Å². The SMILES string of the molecule is O=C(NC(CC1(OC(F)(F)F)C=CC(c2ccccc2)=CC1)C(=O)O)c1cnn(-c2ccc(F)c(Cl)c2)c1C(F)(F)F. The number of carboxylic acid groups (broad SMARTS) is 1. The molecule has 7 nitrogen and oxygen atoms in total. The van der Waals surface area contributed by atoms with E-state index in [9.17, 15) is 45.4 Å². The smallest absolute Gasteiger partial charge is 0.480 e. The fraction of sp³-hybridized carbons (Fsp3) is 0.222. The summed E-state index contributed by atoms with van der Waals surface area (Å²) in [4.78, 5) is 25.0. The maximum absolute atomic E-state index is 14.0. The van der Waals surface area contributed by atoms with E-state index in [-0.39, 0.29) is 10.4 Å². The van der Waals surface area contributed by atoms with E-state index in [1.807, 2.05) is 5.32 Å². The van der Waals surface area contributed by atoms with Crippen molar-refractivity contribution >= 4 is 29.1 Å². The summed E-state index contributed by atoms with van der Waals surface area (Å²) in [6.45, 7) is 0. The number of hydrogen-bond donors (Lipinski definition) is 2. The number of ether oxygens (including phenoxy) is 1. The average molecular weight is 618 g/mol. The van der Waals surface area contributed by atoms with Crippen LogP contribution in [0.3, 0.4) is 0 Å². The first-order valence-corrected chi connectivity index (χ1v) is 12.3. The molecular weight excluding hydrogens is 599 g/mol. The van der Waals surface area contributed by atoms with Crippen molar-refractivity contribution in [3.8, 4) is 5.69 Å². The first-order valence-electron chi connectivity index (χ1n) is 11.9. The number of nitrogens with zero attached hydrogens (tertiary/aromatic N) is 2. The van der Waals surface area contributed by atoms with Crippen LogP contribution in [0.4, 0.5) is 30.7 Å². The molecule has 3 aromatic rings. The number of hydrogen-bond acceptors (Lipinski definition) is 4. The lowest BCUT2D eigenvalue weighted by atomic mass is 9.84. The van der Waals surface area contributed by atoms with Crippen LogP contribution in [0.15, 0.2) is 73.0 Å². The van der Waals surface area contributed by atoms with Crippen molar-refractivity contribution in [2.24, 2.45) is 0 Å². The molecule has 0 radical (unpaired) electrons. The fourth-order valence-electron chi connectivity index (χ4n) is 4.39. The van der Waals surface area contributed by atoms with Gasteiger partial charge >= 0.3 is 18.5 Å². The van der Waals surface area contributed by atoms with E-state index in [1.165, 1.54) is 12.2 Å². The molecule has 4 rings (SSSR count). The number of carbonyl (C=O) groups is 2. The molecule has 1 aromatic heterocycles. The lowest BCUT2D eigenvalue weighted by Gasteiger charge is -2.35. The van der Waals surface area contributed by atoms with Crippen LogP contribution in [0, 0.1) is 5.82 Å². The highest BCUT2D eigenvalue weighted by Crippen LogP contribution is 2.38. The molecule has 42 heavy (non-hydrogen) atoms. The second-order valence-electron chi connectivity index (χ2n) is 9.16. The molecule has 2 N–H and O–H groups in total. The zero-order valence-electron chi connectivity index (χ0n) is 21.0. The van der Waals surface area contributed by atoms with Gasteiger partial charge in [-0.05, 0) is 35.8 Å². The van der Waals surface area contributed by atoms with Gasteiger partial charge in [0.1, 0.15) is 17.5 Å². The van der Waals surface area contributed by atoms with Crippen molar-refractivity contribution in [1.82, 2.24) is 15.1 Å². The van der Waals surface area contributed by atoms with Gasteiger partial charge in [-0.3, -0.25) is 9.53 Å². The van der Waals surface area contributed by atoms with E-state index in [0.717, 1.165) is 24.3 Å². The Morgan fingerprint density at radius 1 is 1.12 bits per heavy atom. The Labute approximate surface area is 237 Å². The number of aromatic nitrogens is 2. The number of rotatable bonds is 8. The largest absolute Gasteiger partial charge is 0.523 e. The van der Waals surface area contributed by atoms with Crippen LogP contribution < -0.4 is 5.32 Å². The molecule has 0 aliphatic heterocycles. The van der Waals surface area contributed by atoms with Crippen molar-refractivity contribution < 1.29 is 50.2 Å². The molecule has 1 aliphatic rings. The zero-order valence-corrected chi connectivity index (χ0v) is 21.8. The van der Waals surface area contributed by atoms with Crippen LogP contribution in [-0.4, -0.2) is 44.8 Å². The van der Waals surface area contributed by atoms with Crippen molar-refractivity contribution in [3.05, 3.63) is 101 Å². The van der Waals surface area contributed by atoms with Crippen molar-refractivity contribution in [2.45, 2.75) is 37.0 Å². The first kappa shape index (κ1) is 30.8. The van der Waals surface area contributed by atoms with Crippen LogP contribution in [-0.2, 0) is 15.7 Å². The maximum Gasteiger partial charge on any atom is 0.523 e. The molecule has 1 amide bonds. The van der Waals surface area contributed by atoms with Gasteiger partial charge in [-0.1, -0.05) is 60.2 Å². The third kappa shape index (κ3) is 6.99. The number of amides is 1. The molecule has 0 saturated heterocycles. The van der Waals surface area contributed by atoms with E-state index in [0.29, 0.717) is 17.3 Å². The summed E-state index contributed by atoms with van der Waals surface area (Å²) in [5, 5.41) is 14.6. The molecule has 1 heterocycles. The third-order valence-corrected chi connectivity index (χ3v) is 6.53. The maximum atomic E-state index is 14.0. The summed E-state index contributed by atoms with van der Waals surface area (Å²) >= 11 is 5.66. The van der Waals surface area contributed by atoms with Gasteiger partial charge in [-0.25, -0.2) is 13.9 Å². The van der Waals surface area contributed by atoms with Crippen LogP contribution in [0.1, 0.15) is 34.5 Å². The number of nitrogens with one attached hydrogen (secondary N) is 1. The summed E-state index contributed by atoms with van der Waals surface area (Å²) in [5.41, 5.74) is -4.28. The number of aliphatic carboxylic acids is 1. The van der Waals surface area contributed by atoms with Crippen LogP contribution >= 0.6 is 11.6 Å². The van der Waals surface area contributed by atoms with E-state index in [4.69, 9.17) is 11.6 Å². The number of halogens is 8. The highest BCUT2D eigenvalue weighted by atomic mass is 35.5. The predicted molar refractivity (Wildman–Crippen MR) is 135 cm³/mol. The Balaban J connectivity index is 1.64. The number of carbonyl (C=O) groups excluding carboxylic acids is 1. The van der Waals surface area contributed by atoms with Gasteiger partial charge in [-0.2, -0.15) is 18.3 Å². The normalized spacial score (nSPS) is 18.0. The second-order valence-corrected chi connectivity index (χ2v) is 9.57. The molecule has 15 heteroatoms. The average Bonchev–Trinajstić information content (AvgIpc) is 3.36. The molecule has 2 atom stereocenters. The van der Waals surface area contributed by atoms with Gasteiger partial charge in [0.25, 0.3) is 5.91 Å². The number of alkyl halides is 6. The summed E-state index contributed by atoms with van der Waals surface area (Å²) < 4.78 is 100. The summed E-state index contributed by atoms with van der Waals surface area (Å²) in [6.07, 6.45) is -7.74. The minimum absolute atomic E-state index is 0.254. The topological polar surface area (TPSA) is 93.4 Å². The summed E-state index contributed by atoms with van der Waals surface area (Å²) in [6, 6.07) is 8.93. The van der Waals surface area contributed by atoms with E-state index in [1.54, 1.807) is 30.3 Å². The molecular formula is C27H19ClF7N3O4. The highest BCUT2D eigenvalue weighted by Gasteiger charge is 2.46. The van der Waals surface area contributed by atoms with Gasteiger partial charge < -0.3 is 10.4 Å². The molecule has 0 saturated carbocycles. The van der Waals surface area contributed by atoms with Crippen molar-refractivity contribution in [3.63, 3.8) is 0 Å². The molecule has 222 valence electrons. The van der Waals surface area contributed by atoms with Crippen molar-refractivity contribution in [1.29, 1.82) is 0 Å². The second kappa shape index (κ2) is 11.6. The number of benzene rings is 2. The molecule has 0 fully saturated rings. The van der Waals surface area contributed by atoms with Crippen LogP contribution in [0.25, 0.3) is 11.3 Å². The zero-order chi connectivity index (χ0) is 30.9. The fourth-order valence-corrected chi connectivity index (χ4v) is 4.56. The number of carboxylic acids is 1. The highest BCUT2D eigenvalue weighted by molar-refractivity contribution is 6.30. The van der Waals surface area contributed by atoms with Gasteiger partial charge in [0.05, 0.1) is 22.5 Å². The monoisotopic (exact) mass is 617 g/mol. The van der Waals surface area contributed by atoms with Crippen LogP contribution in [0.5, 0.6) is 0 Å². The van der Waals surface area contributed by atoms with Crippen molar-refractivity contribution in [2.75, 3.05) is 0 Å². The lowest BCUT2D eigenvalue weighted by Crippen LogP contribution is -2.49. The number of allylic oxidation sites excluding steroid dienone is 2. The van der Waals surface area contributed by atoms with Gasteiger partial charge in [0, 0.05) is 6.42 Å². The minimum atomic E-state index is -5.23. The molecule has 2 unspecified atom stereocenters. The first-order chi connectivity index (χ1) is 19.6. The van der Waals surface area contributed by atoms with Gasteiger partial charge in [0.15, 0.2) is 5.69 Å². The third-order valence-electron chi connectivity index (χ3n) is 6.24. The van der Waals surface area contributed by atoms with E-state index in [2.05, 4.69) is 9.84 Å².